The van der Waals surface area contributed by atoms with E-state index >= 15 is 0 Å². The van der Waals surface area contributed by atoms with Crippen LogP contribution in [-0.2, 0) is 22.6 Å². The largest absolute Gasteiger partial charge is 0.461 e. The molecule has 30 heavy (non-hydrogen) atoms. The number of benzene rings is 2. The van der Waals surface area contributed by atoms with E-state index in [1.54, 1.807) is 19.2 Å². The number of nitrogens with zero attached hydrogens (tertiary/aromatic N) is 1. The lowest BCUT2D eigenvalue weighted by Gasteiger charge is -2.13. The van der Waals surface area contributed by atoms with Crippen molar-refractivity contribution >= 4 is 23.4 Å². The van der Waals surface area contributed by atoms with Gasteiger partial charge in [0.05, 0.1) is 5.92 Å². The lowest BCUT2D eigenvalue weighted by Crippen LogP contribution is -2.32. The molecule has 1 heterocycles. The van der Waals surface area contributed by atoms with E-state index in [1.807, 2.05) is 37.3 Å². The van der Waals surface area contributed by atoms with Gasteiger partial charge in [0.15, 0.2) is 0 Å². The Bertz CT molecular complexity index is 1020. The molecule has 2 aromatic carbocycles. The summed E-state index contributed by atoms with van der Waals surface area (Å²) in [6, 6.07) is 13.6. The number of carbonyl (C=O) groups excluding carboxylic acids is 2. The van der Waals surface area contributed by atoms with Gasteiger partial charge in [0.25, 0.3) is 5.91 Å². The molecule has 3 rings (SSSR count). The van der Waals surface area contributed by atoms with Crippen molar-refractivity contribution in [2.75, 3.05) is 6.54 Å². The molecule has 0 aliphatic rings. The first-order chi connectivity index (χ1) is 14.5. The van der Waals surface area contributed by atoms with Crippen molar-refractivity contribution in [1.29, 1.82) is 0 Å². The highest BCUT2D eigenvalue weighted by Gasteiger charge is 2.18. The number of carbonyl (C=O) groups is 2. The third-order valence-corrected chi connectivity index (χ3v) is 5.57. The molecule has 0 bridgehead atoms. The minimum atomic E-state index is -0.529. The van der Waals surface area contributed by atoms with Crippen molar-refractivity contribution in [3.8, 4) is 11.1 Å². The van der Waals surface area contributed by atoms with Crippen LogP contribution in [0.4, 0.5) is 4.39 Å². The van der Waals surface area contributed by atoms with Crippen molar-refractivity contribution < 1.29 is 18.7 Å². The number of hydrogen-bond acceptors (Lipinski definition) is 5. The highest BCUT2D eigenvalue weighted by Crippen LogP contribution is 2.28. The van der Waals surface area contributed by atoms with Gasteiger partial charge in [-0.05, 0) is 47.3 Å². The SMILES string of the molecule is CCc1sncc1-c1cc(F)cc(C(=O)NC[C@@H](C)C(=O)OCc2ccccc2)c1. The molecule has 0 spiro atoms. The average Bonchev–Trinajstić information content (AvgIpc) is 3.24. The summed E-state index contributed by atoms with van der Waals surface area (Å²) in [6.45, 7) is 3.95. The minimum Gasteiger partial charge on any atom is -0.461 e. The van der Waals surface area contributed by atoms with E-state index in [2.05, 4.69) is 9.69 Å². The molecule has 1 aromatic heterocycles. The van der Waals surface area contributed by atoms with Crippen LogP contribution in [0.2, 0.25) is 0 Å². The summed E-state index contributed by atoms with van der Waals surface area (Å²) < 4.78 is 23.6. The monoisotopic (exact) mass is 426 g/mol. The topological polar surface area (TPSA) is 68.3 Å². The fourth-order valence-electron chi connectivity index (χ4n) is 2.93. The smallest absolute Gasteiger partial charge is 0.310 e. The molecule has 0 aliphatic carbocycles. The summed E-state index contributed by atoms with van der Waals surface area (Å²) >= 11 is 1.36. The van der Waals surface area contributed by atoms with Crippen LogP contribution in [-0.4, -0.2) is 22.8 Å². The zero-order valence-corrected chi connectivity index (χ0v) is 17.7. The van der Waals surface area contributed by atoms with E-state index in [0.717, 1.165) is 22.4 Å². The zero-order valence-electron chi connectivity index (χ0n) is 16.9. The van der Waals surface area contributed by atoms with Gasteiger partial charge in [-0.15, -0.1) is 0 Å². The van der Waals surface area contributed by atoms with Crippen LogP contribution >= 0.6 is 11.5 Å². The molecule has 0 aliphatic heterocycles. The van der Waals surface area contributed by atoms with Gasteiger partial charge >= 0.3 is 5.97 Å². The molecular formula is C23H23FN2O3S. The molecular weight excluding hydrogens is 403 g/mol. The fraction of sp³-hybridized carbons (Fsp3) is 0.261. The number of hydrogen-bond donors (Lipinski definition) is 1. The van der Waals surface area contributed by atoms with Crippen LogP contribution < -0.4 is 5.32 Å². The summed E-state index contributed by atoms with van der Waals surface area (Å²) in [6.07, 6.45) is 2.46. The molecule has 1 N–H and O–H groups in total. The number of amides is 1. The van der Waals surface area contributed by atoms with Gasteiger partial charge in [-0.3, -0.25) is 9.59 Å². The van der Waals surface area contributed by atoms with Gasteiger partial charge in [0, 0.05) is 28.7 Å². The first-order valence-corrected chi connectivity index (χ1v) is 10.5. The molecule has 0 unspecified atom stereocenters. The fourth-order valence-corrected chi connectivity index (χ4v) is 3.62. The van der Waals surface area contributed by atoms with Crippen LogP contribution in [0, 0.1) is 11.7 Å². The maximum absolute atomic E-state index is 14.1. The van der Waals surface area contributed by atoms with E-state index in [0.29, 0.717) is 5.56 Å². The first-order valence-electron chi connectivity index (χ1n) is 9.71. The van der Waals surface area contributed by atoms with Gasteiger partial charge in [-0.25, -0.2) is 8.76 Å². The molecule has 3 aromatic rings. The van der Waals surface area contributed by atoms with Gasteiger partial charge in [-0.1, -0.05) is 44.2 Å². The number of aromatic nitrogens is 1. The van der Waals surface area contributed by atoms with E-state index in [4.69, 9.17) is 4.74 Å². The Morgan fingerprint density at radius 2 is 1.97 bits per heavy atom. The van der Waals surface area contributed by atoms with Crippen molar-refractivity contribution in [2.24, 2.45) is 5.92 Å². The summed E-state index contributed by atoms with van der Waals surface area (Å²) in [5.74, 6) is -1.88. The summed E-state index contributed by atoms with van der Waals surface area (Å²) in [5, 5.41) is 2.69. The average molecular weight is 427 g/mol. The Hall–Kier alpha value is -3.06. The number of rotatable bonds is 8. The standard InChI is InChI=1S/C23H23FN2O3S/c1-3-21-20(13-26-30-21)17-9-18(11-19(24)10-17)22(27)25-12-15(2)23(28)29-14-16-7-5-4-6-8-16/h4-11,13,15H,3,12,14H2,1-2H3,(H,25,27)/t15-/m1/s1. The lowest BCUT2D eigenvalue weighted by molar-refractivity contribution is -0.149. The van der Waals surface area contributed by atoms with Crippen molar-refractivity contribution in [1.82, 2.24) is 9.69 Å². The van der Waals surface area contributed by atoms with E-state index < -0.39 is 23.6 Å². The van der Waals surface area contributed by atoms with E-state index in [1.165, 1.54) is 23.7 Å². The Kier molecular flexibility index (Phi) is 7.30. The predicted octanol–water partition coefficient (Wildman–Crippen LogP) is 4.62. The normalized spacial score (nSPS) is 11.7. The van der Waals surface area contributed by atoms with Crippen molar-refractivity contribution in [3.05, 3.63) is 76.5 Å². The maximum Gasteiger partial charge on any atom is 0.310 e. The Morgan fingerprint density at radius 1 is 1.20 bits per heavy atom. The lowest BCUT2D eigenvalue weighted by atomic mass is 10.0. The minimum absolute atomic E-state index is 0.0958. The summed E-state index contributed by atoms with van der Waals surface area (Å²) in [4.78, 5) is 25.7. The van der Waals surface area contributed by atoms with Gasteiger partial charge < -0.3 is 10.1 Å². The van der Waals surface area contributed by atoms with Crippen molar-refractivity contribution in [2.45, 2.75) is 26.9 Å². The van der Waals surface area contributed by atoms with Crippen LogP contribution in [0.15, 0.2) is 54.7 Å². The molecule has 0 saturated heterocycles. The van der Waals surface area contributed by atoms with Crippen LogP contribution in [0.1, 0.15) is 34.6 Å². The number of nitrogens with one attached hydrogen (secondary N) is 1. The molecule has 1 amide bonds. The summed E-state index contributed by atoms with van der Waals surface area (Å²) in [5.41, 5.74) is 2.53. The van der Waals surface area contributed by atoms with Crippen LogP contribution in [0.25, 0.3) is 11.1 Å². The predicted molar refractivity (Wildman–Crippen MR) is 115 cm³/mol. The third kappa shape index (κ3) is 5.51. The highest BCUT2D eigenvalue weighted by atomic mass is 32.1. The molecule has 156 valence electrons. The number of esters is 1. The highest BCUT2D eigenvalue weighted by molar-refractivity contribution is 7.06. The Labute approximate surface area is 179 Å². The second-order valence-electron chi connectivity index (χ2n) is 6.95. The second-order valence-corrected chi connectivity index (χ2v) is 7.84. The van der Waals surface area contributed by atoms with Gasteiger partial charge in [-0.2, -0.15) is 0 Å². The van der Waals surface area contributed by atoms with E-state index in [-0.39, 0.29) is 18.7 Å². The second kappa shape index (κ2) is 10.1. The maximum atomic E-state index is 14.1. The number of aryl methyl sites for hydroxylation is 1. The molecule has 7 heteroatoms. The molecule has 0 saturated carbocycles. The van der Waals surface area contributed by atoms with Crippen molar-refractivity contribution in [3.63, 3.8) is 0 Å². The number of ether oxygens (including phenoxy) is 1. The van der Waals surface area contributed by atoms with Crippen LogP contribution in [0.5, 0.6) is 0 Å². The summed E-state index contributed by atoms with van der Waals surface area (Å²) in [7, 11) is 0. The Balaban J connectivity index is 1.59. The molecule has 1 atom stereocenters. The molecule has 0 fully saturated rings. The van der Waals surface area contributed by atoms with Gasteiger partial charge in [0.2, 0.25) is 0 Å². The first kappa shape index (κ1) is 21.6. The number of halogens is 1. The quantitative estimate of drug-likeness (QED) is 0.534. The van der Waals surface area contributed by atoms with E-state index in [9.17, 15) is 14.0 Å². The molecule has 0 radical (unpaired) electrons. The molecule has 5 nitrogen and oxygen atoms in total. The zero-order chi connectivity index (χ0) is 21.5. The van der Waals surface area contributed by atoms with Gasteiger partial charge in [0.1, 0.15) is 12.4 Å². The van der Waals surface area contributed by atoms with Crippen LogP contribution in [0.3, 0.4) is 0 Å². The third-order valence-electron chi connectivity index (χ3n) is 4.63. The Morgan fingerprint density at radius 3 is 2.70 bits per heavy atom.